The number of amides is 2. The van der Waals surface area contributed by atoms with Gasteiger partial charge in [-0.1, -0.05) is 30.3 Å². The molecular formula is C25H27N3O4S. The van der Waals surface area contributed by atoms with Crippen molar-refractivity contribution in [1.29, 1.82) is 0 Å². The lowest BCUT2D eigenvalue weighted by Gasteiger charge is -2.30. The summed E-state index contributed by atoms with van der Waals surface area (Å²) in [7, 11) is -2.00. The number of aryl methyl sites for hydroxylation is 1. The molecule has 2 amide bonds. The van der Waals surface area contributed by atoms with Crippen molar-refractivity contribution in [1.82, 2.24) is 5.32 Å². The van der Waals surface area contributed by atoms with E-state index in [1.807, 2.05) is 30.3 Å². The van der Waals surface area contributed by atoms with Gasteiger partial charge in [-0.25, -0.2) is 13.2 Å². The number of hydrogen-bond acceptors (Lipinski definition) is 4. The van der Waals surface area contributed by atoms with E-state index in [1.54, 1.807) is 49.6 Å². The summed E-state index contributed by atoms with van der Waals surface area (Å²) < 4.78 is 32.9. The van der Waals surface area contributed by atoms with E-state index in [2.05, 4.69) is 10.6 Å². The highest BCUT2D eigenvalue weighted by atomic mass is 32.2. The van der Waals surface area contributed by atoms with E-state index >= 15 is 0 Å². The predicted octanol–water partition coefficient (Wildman–Crippen LogP) is 4.20. The van der Waals surface area contributed by atoms with Gasteiger partial charge in [0, 0.05) is 18.8 Å². The van der Waals surface area contributed by atoms with Crippen LogP contribution < -0.4 is 19.7 Å². The number of benzene rings is 3. The number of fused-ring (bicyclic) bond motifs is 1. The van der Waals surface area contributed by atoms with Gasteiger partial charge in [-0.15, -0.1) is 0 Å². The topological polar surface area (TPSA) is 87.7 Å². The Balaban J connectivity index is 1.39. The van der Waals surface area contributed by atoms with Crippen molar-refractivity contribution < 1.29 is 17.9 Å². The number of nitrogens with one attached hydrogen (secondary N) is 2. The second-order valence-corrected chi connectivity index (χ2v) is 9.68. The molecule has 0 fully saturated rings. The Morgan fingerprint density at radius 2 is 1.79 bits per heavy atom. The van der Waals surface area contributed by atoms with Crippen LogP contribution in [0, 0.1) is 0 Å². The fraction of sp³-hybridized carbons (Fsp3) is 0.240. The van der Waals surface area contributed by atoms with Crippen LogP contribution in [0.2, 0.25) is 0 Å². The lowest BCUT2D eigenvalue weighted by atomic mass is 10.0. The van der Waals surface area contributed by atoms with Crippen molar-refractivity contribution in [2.45, 2.75) is 24.2 Å². The Kier molecular flexibility index (Phi) is 6.84. The number of nitrogens with zero attached hydrogens (tertiary/aromatic N) is 1. The zero-order valence-electron chi connectivity index (χ0n) is 18.5. The lowest BCUT2D eigenvalue weighted by Crippen LogP contribution is -2.35. The number of carbonyl (C=O) groups excluding carboxylic acids is 1. The SMILES string of the molecule is COc1ccc(CCNC(=O)Nc2ccc3c(c2)CCCN3S(=O)(=O)c2ccccc2)cc1. The Bertz CT molecular complexity index is 1210. The molecule has 172 valence electrons. The molecule has 0 aliphatic carbocycles. The third kappa shape index (κ3) is 5.28. The van der Waals surface area contributed by atoms with Gasteiger partial charge < -0.3 is 15.4 Å². The predicted molar refractivity (Wildman–Crippen MR) is 129 cm³/mol. The van der Waals surface area contributed by atoms with E-state index in [1.165, 1.54) is 4.31 Å². The first-order valence-corrected chi connectivity index (χ1v) is 12.3. The van der Waals surface area contributed by atoms with E-state index in [0.29, 0.717) is 30.9 Å². The van der Waals surface area contributed by atoms with Crippen molar-refractivity contribution in [2.75, 3.05) is 29.8 Å². The standard InChI is InChI=1S/C25H27N3O4S/c1-32-22-12-9-19(10-13-22)15-16-26-25(29)27-21-11-14-24-20(18-21)6-5-17-28(24)33(30,31)23-7-3-2-4-8-23/h2-4,7-14,18H,5-6,15-17H2,1H3,(H2,26,27,29). The van der Waals surface area contributed by atoms with Crippen molar-refractivity contribution in [2.24, 2.45) is 0 Å². The Morgan fingerprint density at radius 3 is 2.52 bits per heavy atom. The minimum atomic E-state index is -3.63. The fourth-order valence-electron chi connectivity index (χ4n) is 3.90. The van der Waals surface area contributed by atoms with Gasteiger partial charge in [0.05, 0.1) is 17.7 Å². The molecular weight excluding hydrogens is 438 g/mol. The number of rotatable bonds is 7. The number of ether oxygens (including phenoxy) is 1. The van der Waals surface area contributed by atoms with Crippen LogP contribution in [-0.4, -0.2) is 34.6 Å². The van der Waals surface area contributed by atoms with E-state index in [0.717, 1.165) is 29.7 Å². The van der Waals surface area contributed by atoms with Gasteiger partial charge in [-0.3, -0.25) is 4.31 Å². The summed E-state index contributed by atoms with van der Waals surface area (Å²) in [5.74, 6) is 0.798. The third-order valence-corrected chi connectivity index (χ3v) is 7.43. The van der Waals surface area contributed by atoms with Gasteiger partial charge in [0.2, 0.25) is 0 Å². The quantitative estimate of drug-likeness (QED) is 0.547. The second-order valence-electron chi connectivity index (χ2n) is 7.82. The second kappa shape index (κ2) is 9.95. The number of urea groups is 1. The number of hydrogen-bond donors (Lipinski definition) is 2. The molecule has 0 spiro atoms. The Labute approximate surface area is 194 Å². The van der Waals surface area contributed by atoms with Crippen molar-refractivity contribution in [3.8, 4) is 5.75 Å². The molecule has 0 saturated heterocycles. The zero-order valence-corrected chi connectivity index (χ0v) is 19.3. The summed E-state index contributed by atoms with van der Waals surface area (Å²) >= 11 is 0. The number of sulfonamides is 1. The highest BCUT2D eigenvalue weighted by Crippen LogP contribution is 2.33. The maximum atomic E-state index is 13.1. The van der Waals surface area contributed by atoms with Crippen LogP contribution in [0.4, 0.5) is 16.2 Å². The number of carbonyl (C=O) groups is 1. The van der Waals surface area contributed by atoms with Crippen molar-refractivity contribution in [3.63, 3.8) is 0 Å². The van der Waals surface area contributed by atoms with Gasteiger partial charge in [0.15, 0.2) is 0 Å². The molecule has 1 heterocycles. The van der Waals surface area contributed by atoms with Crippen LogP contribution in [0.1, 0.15) is 17.5 Å². The van der Waals surface area contributed by atoms with Gasteiger partial charge >= 0.3 is 6.03 Å². The molecule has 0 bridgehead atoms. The lowest BCUT2D eigenvalue weighted by molar-refractivity contribution is 0.252. The largest absolute Gasteiger partial charge is 0.497 e. The monoisotopic (exact) mass is 465 g/mol. The molecule has 0 aromatic heterocycles. The first-order valence-electron chi connectivity index (χ1n) is 10.9. The summed E-state index contributed by atoms with van der Waals surface area (Å²) in [5, 5.41) is 5.70. The summed E-state index contributed by atoms with van der Waals surface area (Å²) in [4.78, 5) is 12.6. The highest BCUT2D eigenvalue weighted by Gasteiger charge is 2.29. The van der Waals surface area contributed by atoms with E-state index in [4.69, 9.17) is 4.74 Å². The molecule has 0 radical (unpaired) electrons. The average molecular weight is 466 g/mol. The van der Waals surface area contributed by atoms with E-state index in [9.17, 15) is 13.2 Å². The summed E-state index contributed by atoms with van der Waals surface area (Å²) in [6, 6.07) is 21.2. The maximum absolute atomic E-state index is 13.1. The van der Waals surface area contributed by atoms with E-state index < -0.39 is 10.0 Å². The smallest absolute Gasteiger partial charge is 0.319 e. The van der Waals surface area contributed by atoms with Crippen LogP contribution in [0.5, 0.6) is 5.75 Å². The van der Waals surface area contributed by atoms with Crippen molar-refractivity contribution in [3.05, 3.63) is 83.9 Å². The molecule has 0 saturated carbocycles. The average Bonchev–Trinajstić information content (AvgIpc) is 2.84. The molecule has 2 N–H and O–H groups in total. The summed E-state index contributed by atoms with van der Waals surface area (Å²) in [6.45, 7) is 0.926. The van der Waals surface area contributed by atoms with E-state index in [-0.39, 0.29) is 10.9 Å². The fourth-order valence-corrected chi connectivity index (χ4v) is 5.46. The molecule has 0 atom stereocenters. The Hall–Kier alpha value is -3.52. The third-order valence-electron chi connectivity index (χ3n) is 5.60. The first kappa shape index (κ1) is 22.7. The van der Waals surface area contributed by atoms with Crippen LogP contribution in [0.3, 0.4) is 0 Å². The van der Waals surface area contributed by atoms with Crippen LogP contribution in [0.25, 0.3) is 0 Å². The molecule has 7 nitrogen and oxygen atoms in total. The molecule has 3 aromatic rings. The minimum Gasteiger partial charge on any atom is -0.497 e. The zero-order chi connectivity index (χ0) is 23.3. The van der Waals surface area contributed by atoms with Crippen LogP contribution >= 0.6 is 0 Å². The normalized spacial score (nSPS) is 13.2. The van der Waals surface area contributed by atoms with Gasteiger partial charge in [-0.2, -0.15) is 0 Å². The molecule has 33 heavy (non-hydrogen) atoms. The van der Waals surface area contributed by atoms with Gasteiger partial charge in [0.25, 0.3) is 10.0 Å². The van der Waals surface area contributed by atoms with Crippen LogP contribution in [-0.2, 0) is 22.9 Å². The Morgan fingerprint density at radius 1 is 1.03 bits per heavy atom. The number of methoxy groups -OCH3 is 1. The van der Waals surface area contributed by atoms with Crippen molar-refractivity contribution >= 4 is 27.4 Å². The highest BCUT2D eigenvalue weighted by molar-refractivity contribution is 7.92. The number of anilines is 2. The molecule has 3 aromatic carbocycles. The molecule has 0 unspecified atom stereocenters. The van der Waals surface area contributed by atoms with Crippen LogP contribution in [0.15, 0.2) is 77.7 Å². The summed E-state index contributed by atoms with van der Waals surface area (Å²) in [5.41, 5.74) is 3.30. The van der Waals surface area contributed by atoms with Gasteiger partial charge in [-0.05, 0) is 72.9 Å². The molecule has 1 aliphatic rings. The molecule has 1 aliphatic heterocycles. The summed E-state index contributed by atoms with van der Waals surface area (Å²) in [6.07, 6.45) is 2.18. The van der Waals surface area contributed by atoms with Gasteiger partial charge in [0.1, 0.15) is 5.75 Å². The molecule has 8 heteroatoms. The first-order chi connectivity index (χ1) is 16.0. The minimum absolute atomic E-state index is 0.274. The maximum Gasteiger partial charge on any atom is 0.319 e. The molecule has 4 rings (SSSR count).